The van der Waals surface area contributed by atoms with Gasteiger partial charge in [-0.15, -0.1) is 6.58 Å². The van der Waals surface area contributed by atoms with Crippen molar-refractivity contribution in [3.63, 3.8) is 0 Å². The number of esters is 1. The molecule has 1 aromatic carbocycles. The van der Waals surface area contributed by atoms with Gasteiger partial charge in [-0.3, -0.25) is 4.90 Å². The summed E-state index contributed by atoms with van der Waals surface area (Å²) in [6, 6.07) is 8.68. The van der Waals surface area contributed by atoms with Crippen LogP contribution < -0.4 is 0 Å². The smallest absolute Gasteiger partial charge is 0.410 e. The number of ether oxygens (including phenoxy) is 3. The van der Waals surface area contributed by atoms with Gasteiger partial charge in [0.1, 0.15) is 12.6 Å². The Hall–Kier alpha value is -2.34. The molecule has 2 rings (SSSR count). The fourth-order valence-corrected chi connectivity index (χ4v) is 2.49. The van der Waals surface area contributed by atoms with Crippen LogP contribution in [0.5, 0.6) is 0 Å². The molecular formula is C17H21NO5. The molecule has 0 radical (unpaired) electrons. The monoisotopic (exact) mass is 319 g/mol. The Labute approximate surface area is 135 Å². The Balaban J connectivity index is 1.97. The van der Waals surface area contributed by atoms with E-state index >= 15 is 0 Å². The number of amides is 1. The van der Waals surface area contributed by atoms with E-state index in [0.29, 0.717) is 19.6 Å². The maximum Gasteiger partial charge on any atom is 0.410 e. The molecule has 1 aliphatic heterocycles. The van der Waals surface area contributed by atoms with E-state index in [9.17, 15) is 9.59 Å². The predicted molar refractivity (Wildman–Crippen MR) is 83.7 cm³/mol. The predicted octanol–water partition coefficient (Wildman–Crippen LogP) is 2.14. The molecular weight excluding hydrogens is 298 g/mol. The van der Waals surface area contributed by atoms with Crippen molar-refractivity contribution in [2.45, 2.75) is 25.2 Å². The lowest BCUT2D eigenvalue weighted by Gasteiger charge is -2.21. The molecule has 6 heteroatoms. The van der Waals surface area contributed by atoms with Crippen molar-refractivity contribution in [2.24, 2.45) is 0 Å². The van der Waals surface area contributed by atoms with E-state index < -0.39 is 18.1 Å². The molecule has 1 fully saturated rings. The molecule has 0 bridgehead atoms. The van der Waals surface area contributed by atoms with Gasteiger partial charge in [-0.25, -0.2) is 9.59 Å². The van der Waals surface area contributed by atoms with Crippen LogP contribution >= 0.6 is 0 Å². The Morgan fingerprint density at radius 1 is 1.35 bits per heavy atom. The second-order valence-electron chi connectivity index (χ2n) is 5.21. The minimum atomic E-state index is -0.682. The minimum absolute atomic E-state index is 0.155. The molecule has 23 heavy (non-hydrogen) atoms. The molecule has 1 heterocycles. The highest BCUT2D eigenvalue weighted by Crippen LogP contribution is 2.23. The first-order chi connectivity index (χ1) is 11.2. The van der Waals surface area contributed by atoms with Crippen LogP contribution in [0.25, 0.3) is 0 Å². The fraction of sp³-hybridized carbons (Fsp3) is 0.412. The molecule has 0 saturated carbocycles. The van der Waals surface area contributed by atoms with Gasteiger partial charge in [-0.2, -0.15) is 0 Å². The first-order valence-corrected chi connectivity index (χ1v) is 7.43. The average molecular weight is 319 g/mol. The zero-order chi connectivity index (χ0) is 16.7. The van der Waals surface area contributed by atoms with Gasteiger partial charge in [-0.05, 0) is 5.56 Å². The number of carbonyl (C=O) groups excluding carboxylic acids is 2. The summed E-state index contributed by atoms with van der Waals surface area (Å²) in [7, 11) is 1.30. The summed E-state index contributed by atoms with van der Waals surface area (Å²) >= 11 is 0. The van der Waals surface area contributed by atoms with Gasteiger partial charge in [-0.1, -0.05) is 36.4 Å². The van der Waals surface area contributed by atoms with Crippen molar-refractivity contribution in [3.05, 3.63) is 48.6 Å². The highest BCUT2D eigenvalue weighted by molar-refractivity contribution is 5.82. The zero-order valence-electron chi connectivity index (χ0n) is 13.1. The van der Waals surface area contributed by atoms with Crippen LogP contribution in [0, 0.1) is 0 Å². The standard InChI is InChI=1S/C17H21NO5/c1-3-9-22-14-10-15(16(19)21-2)18(11-14)17(20)23-12-13-7-5-4-6-8-13/h3-8,14-15H,1,9-12H2,2H3/t14-,15-/m0/s1. The number of methoxy groups -OCH3 is 1. The van der Waals surface area contributed by atoms with Crippen LogP contribution in [-0.2, 0) is 25.6 Å². The molecule has 0 aliphatic carbocycles. The highest BCUT2D eigenvalue weighted by atomic mass is 16.6. The molecule has 0 N–H and O–H groups in total. The number of nitrogens with zero attached hydrogens (tertiary/aromatic N) is 1. The first-order valence-electron chi connectivity index (χ1n) is 7.43. The van der Waals surface area contributed by atoms with E-state index in [0.717, 1.165) is 5.56 Å². The maximum absolute atomic E-state index is 12.3. The van der Waals surface area contributed by atoms with Crippen LogP contribution in [0.4, 0.5) is 4.79 Å². The number of rotatable bonds is 6. The Morgan fingerprint density at radius 3 is 2.74 bits per heavy atom. The van der Waals surface area contributed by atoms with Gasteiger partial charge in [0.05, 0.1) is 26.4 Å². The Bertz CT molecular complexity index is 545. The Kier molecular flexibility index (Phi) is 6.17. The van der Waals surface area contributed by atoms with Crippen LogP contribution in [0.3, 0.4) is 0 Å². The number of benzene rings is 1. The van der Waals surface area contributed by atoms with Gasteiger partial charge in [0.2, 0.25) is 0 Å². The Morgan fingerprint density at radius 2 is 2.09 bits per heavy atom. The van der Waals surface area contributed by atoms with Gasteiger partial charge in [0, 0.05) is 6.42 Å². The lowest BCUT2D eigenvalue weighted by molar-refractivity contribution is -0.145. The molecule has 1 aliphatic rings. The normalized spacial score (nSPS) is 20.1. The van der Waals surface area contributed by atoms with Gasteiger partial charge in [0.15, 0.2) is 0 Å². The molecule has 0 aromatic heterocycles. The topological polar surface area (TPSA) is 65.1 Å². The highest BCUT2D eigenvalue weighted by Gasteiger charge is 2.41. The largest absolute Gasteiger partial charge is 0.467 e. The lowest BCUT2D eigenvalue weighted by atomic mass is 10.2. The number of carbonyl (C=O) groups is 2. The molecule has 1 saturated heterocycles. The van der Waals surface area contributed by atoms with Crippen molar-refractivity contribution < 1.29 is 23.8 Å². The van der Waals surface area contributed by atoms with Crippen molar-refractivity contribution >= 4 is 12.1 Å². The summed E-state index contributed by atoms with van der Waals surface area (Å²) < 4.78 is 15.6. The lowest BCUT2D eigenvalue weighted by Crippen LogP contribution is -2.41. The second kappa shape index (κ2) is 8.33. The number of hydrogen-bond acceptors (Lipinski definition) is 5. The molecule has 1 aromatic rings. The van der Waals surface area contributed by atoms with Crippen molar-refractivity contribution in [1.82, 2.24) is 4.90 Å². The SMILES string of the molecule is C=CCO[C@H]1C[C@@H](C(=O)OC)N(C(=O)OCc2ccccc2)C1. The van der Waals surface area contributed by atoms with Crippen LogP contribution in [0.2, 0.25) is 0 Å². The summed E-state index contributed by atoms with van der Waals surface area (Å²) in [5, 5.41) is 0. The molecule has 2 atom stereocenters. The summed E-state index contributed by atoms with van der Waals surface area (Å²) in [6.07, 6.45) is 1.24. The van der Waals surface area contributed by atoms with Gasteiger partial charge >= 0.3 is 12.1 Å². The fourth-order valence-electron chi connectivity index (χ4n) is 2.49. The van der Waals surface area contributed by atoms with Crippen molar-refractivity contribution in [3.8, 4) is 0 Å². The van der Waals surface area contributed by atoms with Crippen molar-refractivity contribution in [1.29, 1.82) is 0 Å². The number of hydrogen-bond donors (Lipinski definition) is 0. The van der Waals surface area contributed by atoms with E-state index in [-0.39, 0.29) is 12.7 Å². The quantitative estimate of drug-likeness (QED) is 0.594. The molecule has 6 nitrogen and oxygen atoms in total. The van der Waals surface area contributed by atoms with E-state index in [2.05, 4.69) is 6.58 Å². The molecule has 0 spiro atoms. The van der Waals surface area contributed by atoms with Gasteiger partial charge in [0.25, 0.3) is 0 Å². The van der Waals surface area contributed by atoms with E-state index in [4.69, 9.17) is 14.2 Å². The third kappa shape index (κ3) is 4.56. The minimum Gasteiger partial charge on any atom is -0.467 e. The second-order valence-corrected chi connectivity index (χ2v) is 5.21. The zero-order valence-corrected chi connectivity index (χ0v) is 13.1. The average Bonchev–Trinajstić information content (AvgIpc) is 3.02. The van der Waals surface area contributed by atoms with Gasteiger partial charge < -0.3 is 14.2 Å². The van der Waals surface area contributed by atoms with Crippen molar-refractivity contribution in [2.75, 3.05) is 20.3 Å². The van der Waals surface area contributed by atoms with E-state index in [1.165, 1.54) is 12.0 Å². The van der Waals surface area contributed by atoms with Crippen LogP contribution in [-0.4, -0.2) is 49.4 Å². The summed E-state index contributed by atoms with van der Waals surface area (Å²) in [5.41, 5.74) is 0.883. The molecule has 0 unspecified atom stereocenters. The summed E-state index contributed by atoms with van der Waals surface area (Å²) in [5.74, 6) is -0.466. The summed E-state index contributed by atoms with van der Waals surface area (Å²) in [4.78, 5) is 25.5. The number of likely N-dealkylation sites (tertiary alicyclic amines) is 1. The first kappa shape index (κ1) is 17.0. The van der Waals surface area contributed by atoms with E-state index in [1.54, 1.807) is 6.08 Å². The summed E-state index contributed by atoms with van der Waals surface area (Å²) in [6.45, 7) is 4.40. The van der Waals surface area contributed by atoms with Crippen LogP contribution in [0.15, 0.2) is 43.0 Å². The molecule has 1 amide bonds. The maximum atomic E-state index is 12.3. The molecule has 124 valence electrons. The van der Waals surface area contributed by atoms with Crippen LogP contribution in [0.1, 0.15) is 12.0 Å². The third-order valence-corrected chi connectivity index (χ3v) is 3.63. The third-order valence-electron chi connectivity index (χ3n) is 3.63. The van der Waals surface area contributed by atoms with E-state index in [1.807, 2.05) is 30.3 Å².